The SMILES string of the molecule is Cc1cc(C)cc(N2C(=S)N[C@H](c3ccccn3)[C@@H]2c2cccn2-c2ccncc2)c1. The van der Waals surface area contributed by atoms with Gasteiger partial charge in [-0.05, 0) is 85.7 Å². The fraction of sp³-hybridized carbons (Fsp3) is 0.160. The molecule has 2 atom stereocenters. The molecule has 1 aromatic carbocycles. The van der Waals surface area contributed by atoms with Crippen LogP contribution >= 0.6 is 12.2 Å². The third kappa shape index (κ3) is 3.59. The standard InChI is InChI=1S/C25H23N5S/c1-17-14-18(2)16-20(15-17)30-24(23(28-25(30)31)21-6-3-4-10-27-21)22-7-5-13-29(22)19-8-11-26-12-9-19/h3-16,23-24H,1-2H3,(H,28,31)/t23-,24+/m1/s1. The number of nitrogens with zero attached hydrogens (tertiary/aromatic N) is 4. The Morgan fingerprint density at radius 3 is 2.35 bits per heavy atom. The van der Waals surface area contributed by atoms with E-state index in [1.54, 1.807) is 0 Å². The Bertz CT molecular complexity index is 1200. The Kier molecular flexibility index (Phi) is 5.00. The molecule has 154 valence electrons. The summed E-state index contributed by atoms with van der Waals surface area (Å²) in [6.45, 7) is 4.24. The van der Waals surface area contributed by atoms with Crippen molar-refractivity contribution in [3.8, 4) is 5.69 Å². The zero-order valence-electron chi connectivity index (χ0n) is 17.4. The second kappa shape index (κ2) is 7.96. The van der Waals surface area contributed by atoms with E-state index in [2.05, 4.69) is 81.2 Å². The normalized spacial score (nSPS) is 18.3. The van der Waals surface area contributed by atoms with Gasteiger partial charge in [0.1, 0.15) is 6.04 Å². The number of thiocarbonyl (C=S) groups is 1. The van der Waals surface area contributed by atoms with E-state index in [9.17, 15) is 0 Å². The summed E-state index contributed by atoms with van der Waals surface area (Å²) in [4.78, 5) is 11.0. The first-order valence-electron chi connectivity index (χ1n) is 10.3. The van der Waals surface area contributed by atoms with E-state index in [-0.39, 0.29) is 12.1 Å². The van der Waals surface area contributed by atoms with Crippen LogP contribution in [0.15, 0.2) is 85.5 Å². The lowest BCUT2D eigenvalue weighted by molar-refractivity contribution is 0.549. The largest absolute Gasteiger partial charge is 0.351 e. The number of nitrogens with one attached hydrogen (secondary N) is 1. The predicted molar refractivity (Wildman–Crippen MR) is 127 cm³/mol. The number of anilines is 1. The smallest absolute Gasteiger partial charge is 0.174 e. The zero-order valence-corrected chi connectivity index (χ0v) is 18.3. The Morgan fingerprint density at radius 2 is 1.65 bits per heavy atom. The van der Waals surface area contributed by atoms with Crippen LogP contribution in [0.5, 0.6) is 0 Å². The highest BCUT2D eigenvalue weighted by Gasteiger charge is 2.42. The minimum atomic E-state index is -0.0787. The van der Waals surface area contributed by atoms with Crippen LogP contribution in [0.4, 0.5) is 5.69 Å². The average molecular weight is 426 g/mol. The van der Waals surface area contributed by atoms with Crippen molar-refractivity contribution in [2.45, 2.75) is 25.9 Å². The molecule has 0 radical (unpaired) electrons. The number of benzene rings is 1. The summed E-state index contributed by atoms with van der Waals surface area (Å²) >= 11 is 5.86. The molecule has 1 aliphatic heterocycles. The minimum Gasteiger partial charge on any atom is -0.351 e. The van der Waals surface area contributed by atoms with Crippen molar-refractivity contribution in [3.63, 3.8) is 0 Å². The van der Waals surface area contributed by atoms with Crippen molar-refractivity contribution in [2.24, 2.45) is 0 Å². The van der Waals surface area contributed by atoms with Crippen molar-refractivity contribution >= 4 is 23.0 Å². The first-order chi connectivity index (χ1) is 15.1. The molecule has 1 aliphatic rings. The molecule has 0 amide bonds. The van der Waals surface area contributed by atoms with Crippen LogP contribution in [0.25, 0.3) is 5.69 Å². The zero-order chi connectivity index (χ0) is 21.4. The third-order valence-corrected chi connectivity index (χ3v) is 5.92. The van der Waals surface area contributed by atoms with Gasteiger partial charge in [0, 0.05) is 41.9 Å². The van der Waals surface area contributed by atoms with Crippen LogP contribution in [-0.4, -0.2) is 19.6 Å². The van der Waals surface area contributed by atoms with Crippen molar-refractivity contribution < 1.29 is 0 Å². The van der Waals surface area contributed by atoms with Gasteiger partial charge >= 0.3 is 0 Å². The van der Waals surface area contributed by atoms with Gasteiger partial charge in [0.2, 0.25) is 0 Å². The van der Waals surface area contributed by atoms with Crippen LogP contribution in [-0.2, 0) is 0 Å². The van der Waals surface area contributed by atoms with Crippen molar-refractivity contribution in [1.29, 1.82) is 0 Å². The third-order valence-electron chi connectivity index (χ3n) is 5.61. The maximum absolute atomic E-state index is 5.86. The molecule has 1 fully saturated rings. The number of aromatic nitrogens is 3. The van der Waals surface area contributed by atoms with Crippen LogP contribution in [0.1, 0.15) is 34.6 Å². The Hall–Kier alpha value is -3.51. The minimum absolute atomic E-state index is 0.0632. The average Bonchev–Trinajstić information content (AvgIpc) is 3.38. The van der Waals surface area contributed by atoms with E-state index in [0.717, 1.165) is 22.8 Å². The van der Waals surface area contributed by atoms with Gasteiger partial charge in [-0.15, -0.1) is 0 Å². The first-order valence-corrected chi connectivity index (χ1v) is 10.7. The fourth-order valence-electron chi connectivity index (χ4n) is 4.40. The van der Waals surface area contributed by atoms with Gasteiger partial charge in [-0.1, -0.05) is 12.1 Å². The highest BCUT2D eigenvalue weighted by Crippen LogP contribution is 2.42. The van der Waals surface area contributed by atoms with E-state index in [0.29, 0.717) is 5.11 Å². The van der Waals surface area contributed by atoms with Crippen LogP contribution in [0.2, 0.25) is 0 Å². The van der Waals surface area contributed by atoms with Gasteiger partial charge in [-0.25, -0.2) is 0 Å². The van der Waals surface area contributed by atoms with Crippen LogP contribution in [0, 0.1) is 13.8 Å². The summed E-state index contributed by atoms with van der Waals surface area (Å²) in [6.07, 6.45) is 7.54. The lowest BCUT2D eigenvalue weighted by atomic mass is 10.00. The fourth-order valence-corrected chi connectivity index (χ4v) is 4.74. The molecule has 31 heavy (non-hydrogen) atoms. The molecule has 0 aliphatic carbocycles. The summed E-state index contributed by atoms with van der Waals surface area (Å²) in [5, 5.41) is 4.25. The molecule has 6 heteroatoms. The quantitative estimate of drug-likeness (QED) is 0.463. The molecule has 0 spiro atoms. The molecule has 5 nitrogen and oxygen atoms in total. The lowest BCUT2D eigenvalue weighted by Crippen LogP contribution is -2.30. The van der Waals surface area contributed by atoms with Gasteiger partial charge < -0.3 is 14.8 Å². The Labute approximate surface area is 187 Å². The lowest BCUT2D eigenvalue weighted by Gasteiger charge is -2.29. The highest BCUT2D eigenvalue weighted by molar-refractivity contribution is 7.80. The van der Waals surface area contributed by atoms with E-state index >= 15 is 0 Å². The molecule has 0 saturated carbocycles. The molecular weight excluding hydrogens is 402 g/mol. The number of rotatable bonds is 4. The second-order valence-corrected chi connectivity index (χ2v) is 8.24. The summed E-state index contributed by atoms with van der Waals surface area (Å²) < 4.78 is 2.20. The summed E-state index contributed by atoms with van der Waals surface area (Å²) in [5.41, 5.74) is 6.66. The molecule has 3 aromatic heterocycles. The maximum atomic E-state index is 5.86. The summed E-state index contributed by atoms with van der Waals surface area (Å²) in [5.74, 6) is 0. The number of hydrogen-bond donors (Lipinski definition) is 1. The van der Waals surface area contributed by atoms with Gasteiger partial charge in [-0.3, -0.25) is 9.97 Å². The Morgan fingerprint density at radius 1 is 0.871 bits per heavy atom. The maximum Gasteiger partial charge on any atom is 0.174 e. The number of pyridine rings is 2. The van der Waals surface area contributed by atoms with Gasteiger partial charge in [0.15, 0.2) is 5.11 Å². The predicted octanol–water partition coefficient (Wildman–Crippen LogP) is 5.06. The van der Waals surface area contributed by atoms with Gasteiger partial charge in [0.25, 0.3) is 0 Å². The van der Waals surface area contributed by atoms with Crippen LogP contribution in [0.3, 0.4) is 0 Å². The van der Waals surface area contributed by atoms with E-state index in [1.165, 1.54) is 11.1 Å². The molecule has 1 saturated heterocycles. The Balaban J connectivity index is 1.69. The van der Waals surface area contributed by atoms with Crippen molar-refractivity contribution in [1.82, 2.24) is 19.9 Å². The van der Waals surface area contributed by atoms with Gasteiger partial charge in [-0.2, -0.15) is 0 Å². The summed E-state index contributed by atoms with van der Waals surface area (Å²) in [6, 6.07) is 20.7. The monoisotopic (exact) mass is 425 g/mol. The highest BCUT2D eigenvalue weighted by atomic mass is 32.1. The second-order valence-electron chi connectivity index (χ2n) is 7.85. The molecule has 4 heterocycles. The van der Waals surface area contributed by atoms with E-state index < -0.39 is 0 Å². The molecule has 5 rings (SSSR count). The van der Waals surface area contributed by atoms with Crippen molar-refractivity contribution in [3.05, 3.63) is 108 Å². The molecule has 4 aromatic rings. The first kappa shape index (κ1) is 19.5. The van der Waals surface area contributed by atoms with E-state index in [1.807, 2.05) is 42.9 Å². The topological polar surface area (TPSA) is 46.0 Å². The van der Waals surface area contributed by atoms with E-state index in [4.69, 9.17) is 12.2 Å². The van der Waals surface area contributed by atoms with Gasteiger partial charge in [0.05, 0.1) is 11.7 Å². The molecule has 0 bridgehead atoms. The number of aryl methyl sites for hydroxylation is 2. The molecular formula is C25H23N5S. The summed E-state index contributed by atoms with van der Waals surface area (Å²) in [7, 11) is 0. The van der Waals surface area contributed by atoms with Crippen LogP contribution < -0.4 is 10.2 Å². The number of hydrogen-bond acceptors (Lipinski definition) is 3. The van der Waals surface area contributed by atoms with Crippen molar-refractivity contribution in [2.75, 3.05) is 4.90 Å². The molecule has 0 unspecified atom stereocenters. The molecule has 1 N–H and O–H groups in total.